The zero-order chi connectivity index (χ0) is 24.2. The van der Waals surface area contributed by atoms with E-state index in [0.29, 0.717) is 22.1 Å². The number of ether oxygens (including phenoxy) is 3. The van der Waals surface area contributed by atoms with E-state index in [4.69, 9.17) is 14.2 Å². The molecular formula is C23H20N4O6S. The summed E-state index contributed by atoms with van der Waals surface area (Å²) in [6, 6.07) is 13.3. The Morgan fingerprint density at radius 3 is 2.41 bits per heavy atom. The molecule has 0 saturated carbocycles. The lowest BCUT2D eigenvalue weighted by Crippen LogP contribution is -2.31. The lowest BCUT2D eigenvalue weighted by Gasteiger charge is -2.20. The van der Waals surface area contributed by atoms with E-state index in [-0.39, 0.29) is 23.6 Å². The van der Waals surface area contributed by atoms with E-state index in [0.717, 1.165) is 4.70 Å². The summed E-state index contributed by atoms with van der Waals surface area (Å²) in [5.74, 6) is 0.269. The van der Waals surface area contributed by atoms with Gasteiger partial charge < -0.3 is 14.2 Å². The Kier molecular flexibility index (Phi) is 6.55. The molecule has 10 nitrogen and oxygen atoms in total. The van der Waals surface area contributed by atoms with Crippen LogP contribution in [0.15, 0.2) is 54.7 Å². The number of anilines is 1. The molecule has 2 heterocycles. The van der Waals surface area contributed by atoms with Gasteiger partial charge >= 0.3 is 0 Å². The fourth-order valence-electron chi connectivity index (χ4n) is 3.41. The second-order valence-corrected chi connectivity index (χ2v) is 8.01. The van der Waals surface area contributed by atoms with Crippen molar-refractivity contribution >= 4 is 38.3 Å². The molecular weight excluding hydrogens is 460 g/mol. The zero-order valence-electron chi connectivity index (χ0n) is 18.5. The molecule has 4 aromatic rings. The second-order valence-electron chi connectivity index (χ2n) is 7.00. The first-order chi connectivity index (χ1) is 16.5. The number of thiazole rings is 1. The van der Waals surface area contributed by atoms with Gasteiger partial charge in [-0.15, -0.1) is 0 Å². The maximum absolute atomic E-state index is 13.8. The molecule has 0 aliphatic heterocycles. The number of pyridine rings is 1. The minimum atomic E-state index is -0.629. The minimum Gasteiger partial charge on any atom is -0.494 e. The molecule has 0 radical (unpaired) electrons. The quantitative estimate of drug-likeness (QED) is 0.268. The van der Waals surface area contributed by atoms with Crippen molar-refractivity contribution in [1.82, 2.24) is 9.97 Å². The first kappa shape index (κ1) is 22.9. The van der Waals surface area contributed by atoms with Crippen molar-refractivity contribution in [2.24, 2.45) is 0 Å². The molecule has 174 valence electrons. The van der Waals surface area contributed by atoms with E-state index < -0.39 is 16.5 Å². The summed E-state index contributed by atoms with van der Waals surface area (Å²) in [7, 11) is 4.30. The summed E-state index contributed by atoms with van der Waals surface area (Å²) >= 11 is 1.27. The van der Waals surface area contributed by atoms with Crippen molar-refractivity contribution in [2.45, 2.75) is 6.54 Å². The van der Waals surface area contributed by atoms with E-state index in [1.165, 1.54) is 49.7 Å². The van der Waals surface area contributed by atoms with Gasteiger partial charge in [0.2, 0.25) is 0 Å². The van der Waals surface area contributed by atoms with Crippen molar-refractivity contribution < 1.29 is 23.9 Å². The highest BCUT2D eigenvalue weighted by atomic mass is 32.1. The average molecular weight is 481 g/mol. The van der Waals surface area contributed by atoms with E-state index in [2.05, 4.69) is 9.97 Å². The molecule has 0 unspecified atom stereocenters. The molecule has 0 atom stereocenters. The van der Waals surface area contributed by atoms with Crippen LogP contribution in [-0.4, -0.2) is 42.1 Å². The molecule has 0 spiro atoms. The molecule has 4 rings (SSSR count). The second kappa shape index (κ2) is 9.71. The largest absolute Gasteiger partial charge is 0.494 e. The van der Waals surface area contributed by atoms with Crippen molar-refractivity contribution in [3.8, 4) is 17.2 Å². The molecule has 34 heavy (non-hydrogen) atoms. The van der Waals surface area contributed by atoms with Crippen LogP contribution in [0.2, 0.25) is 0 Å². The number of hydrogen-bond donors (Lipinski definition) is 0. The Morgan fingerprint density at radius 2 is 1.76 bits per heavy atom. The summed E-state index contributed by atoms with van der Waals surface area (Å²) in [6.45, 7) is 0.0489. The van der Waals surface area contributed by atoms with Crippen LogP contribution in [0.4, 0.5) is 10.8 Å². The predicted molar refractivity (Wildman–Crippen MR) is 127 cm³/mol. The highest BCUT2D eigenvalue weighted by molar-refractivity contribution is 7.22. The van der Waals surface area contributed by atoms with Crippen LogP contribution < -0.4 is 19.1 Å². The molecule has 1 amide bonds. The van der Waals surface area contributed by atoms with Crippen molar-refractivity contribution in [3.63, 3.8) is 0 Å². The normalized spacial score (nSPS) is 10.7. The standard InChI is InChI=1S/C23H20N4O6S/c1-31-17-8-6-9-20-21(17)25-23(34-20)26(13-14-7-4-5-10-24-14)22(28)15-11-18(32-2)19(33-3)12-16(15)27(29)30/h4-12H,13H2,1-3H3. The molecule has 0 N–H and O–H groups in total. The molecule has 2 aromatic heterocycles. The van der Waals surface area contributed by atoms with E-state index in [1.807, 2.05) is 12.1 Å². The summed E-state index contributed by atoms with van der Waals surface area (Å²) in [5.41, 5.74) is 0.605. The number of amides is 1. The maximum Gasteiger partial charge on any atom is 0.286 e. The van der Waals surface area contributed by atoms with Crippen LogP contribution in [0.1, 0.15) is 16.1 Å². The van der Waals surface area contributed by atoms with E-state index >= 15 is 0 Å². The number of hydrogen-bond acceptors (Lipinski definition) is 9. The monoisotopic (exact) mass is 480 g/mol. The summed E-state index contributed by atoms with van der Waals surface area (Å²) in [5, 5.41) is 12.2. The van der Waals surface area contributed by atoms with Gasteiger partial charge in [-0.25, -0.2) is 4.98 Å². The van der Waals surface area contributed by atoms with Gasteiger partial charge in [-0.2, -0.15) is 0 Å². The Bertz CT molecular complexity index is 1360. The fourth-order valence-corrected chi connectivity index (χ4v) is 4.39. The number of carbonyl (C=O) groups is 1. The summed E-state index contributed by atoms with van der Waals surface area (Å²) < 4.78 is 16.7. The van der Waals surface area contributed by atoms with Crippen LogP contribution in [0.25, 0.3) is 10.2 Å². The summed E-state index contributed by atoms with van der Waals surface area (Å²) in [6.07, 6.45) is 1.61. The number of para-hydroxylation sites is 1. The first-order valence-corrected chi connectivity index (χ1v) is 10.8. The molecule has 0 fully saturated rings. The van der Waals surface area contributed by atoms with Crippen molar-refractivity contribution in [1.29, 1.82) is 0 Å². The number of rotatable bonds is 8. The average Bonchev–Trinajstić information content (AvgIpc) is 3.30. The lowest BCUT2D eigenvalue weighted by atomic mass is 10.1. The third-order valence-corrected chi connectivity index (χ3v) is 6.09. The highest BCUT2D eigenvalue weighted by Gasteiger charge is 2.31. The lowest BCUT2D eigenvalue weighted by molar-refractivity contribution is -0.385. The van der Waals surface area contributed by atoms with Gasteiger partial charge in [0.15, 0.2) is 16.6 Å². The maximum atomic E-state index is 13.8. The number of nitrogens with zero attached hydrogens (tertiary/aromatic N) is 4. The first-order valence-electron chi connectivity index (χ1n) is 10.0. The fraction of sp³-hybridized carbons (Fsp3) is 0.174. The Balaban J connectivity index is 1.88. The van der Waals surface area contributed by atoms with Crippen LogP contribution in [-0.2, 0) is 6.54 Å². The number of aromatic nitrogens is 2. The number of fused-ring (bicyclic) bond motifs is 1. The molecule has 0 bridgehead atoms. The van der Waals surface area contributed by atoms with Crippen molar-refractivity contribution in [2.75, 3.05) is 26.2 Å². The topological polar surface area (TPSA) is 117 Å². The van der Waals surface area contributed by atoms with Gasteiger partial charge in [0.25, 0.3) is 11.6 Å². The minimum absolute atomic E-state index is 0.0489. The smallest absolute Gasteiger partial charge is 0.286 e. The Hall–Kier alpha value is -4.25. The highest BCUT2D eigenvalue weighted by Crippen LogP contribution is 2.38. The van der Waals surface area contributed by atoms with Crippen LogP contribution in [0, 0.1) is 10.1 Å². The SMILES string of the molecule is COc1cc(C(=O)N(Cc2ccccn2)c2nc3c(OC)cccc3s2)c([N+](=O)[O-])cc1OC. The third-order valence-electron chi connectivity index (χ3n) is 5.04. The molecule has 2 aromatic carbocycles. The van der Waals surface area contributed by atoms with Gasteiger partial charge in [-0.1, -0.05) is 23.5 Å². The van der Waals surface area contributed by atoms with Crippen LogP contribution >= 0.6 is 11.3 Å². The van der Waals surface area contributed by atoms with E-state index in [1.54, 1.807) is 30.5 Å². The van der Waals surface area contributed by atoms with E-state index in [9.17, 15) is 14.9 Å². The van der Waals surface area contributed by atoms with Gasteiger partial charge in [-0.3, -0.25) is 24.8 Å². The number of benzene rings is 2. The van der Waals surface area contributed by atoms with Gasteiger partial charge in [0.05, 0.1) is 49.3 Å². The van der Waals surface area contributed by atoms with Gasteiger partial charge in [0.1, 0.15) is 16.8 Å². The van der Waals surface area contributed by atoms with Crippen LogP contribution in [0.5, 0.6) is 17.2 Å². The predicted octanol–water partition coefficient (Wildman–Crippen LogP) is 4.47. The molecule has 0 aliphatic carbocycles. The Labute approximate surface area is 198 Å². The number of nitro groups is 1. The third kappa shape index (κ3) is 4.33. The number of carbonyl (C=O) groups excluding carboxylic acids is 1. The number of nitro benzene ring substituents is 1. The van der Waals surface area contributed by atoms with Gasteiger partial charge in [-0.05, 0) is 24.3 Å². The molecule has 0 aliphatic rings. The van der Waals surface area contributed by atoms with Crippen LogP contribution in [0.3, 0.4) is 0 Å². The van der Waals surface area contributed by atoms with Gasteiger partial charge in [0, 0.05) is 12.3 Å². The summed E-state index contributed by atoms with van der Waals surface area (Å²) in [4.78, 5) is 35.3. The van der Waals surface area contributed by atoms with Crippen molar-refractivity contribution in [3.05, 3.63) is 76.1 Å². The Morgan fingerprint density at radius 1 is 1.03 bits per heavy atom. The molecule has 11 heteroatoms. The number of methoxy groups -OCH3 is 3. The molecule has 0 saturated heterocycles. The zero-order valence-corrected chi connectivity index (χ0v) is 19.4.